The second-order valence-corrected chi connectivity index (χ2v) is 15.5. The van der Waals surface area contributed by atoms with Crippen LogP contribution in [-0.2, 0) is 41.8 Å². The van der Waals surface area contributed by atoms with Crippen molar-refractivity contribution in [3.05, 3.63) is 117 Å². The number of anilines is 2. The third-order valence-electron chi connectivity index (χ3n) is 10.5. The van der Waals surface area contributed by atoms with Crippen molar-refractivity contribution in [2.75, 3.05) is 30.8 Å². The summed E-state index contributed by atoms with van der Waals surface area (Å²) in [5.41, 5.74) is 6.01. The fourth-order valence-electron chi connectivity index (χ4n) is 7.17. The molecule has 1 aromatic heterocycles. The number of aliphatic carboxylic acids is 1. The van der Waals surface area contributed by atoms with Gasteiger partial charge in [-0.15, -0.1) is 23.7 Å². The molecule has 1 aliphatic rings. The van der Waals surface area contributed by atoms with Crippen molar-refractivity contribution in [2.45, 2.75) is 90.6 Å². The first-order valence-electron chi connectivity index (χ1n) is 19.4. The number of hydrogen-bond donors (Lipinski definition) is 4. The summed E-state index contributed by atoms with van der Waals surface area (Å²) in [6.45, 7) is 5.89. The van der Waals surface area contributed by atoms with E-state index in [1.165, 1.54) is 11.3 Å². The highest BCUT2D eigenvalue weighted by Crippen LogP contribution is 2.39. The Hall–Kier alpha value is -5.04. The van der Waals surface area contributed by atoms with Gasteiger partial charge in [-0.25, -0.2) is 4.79 Å². The molecule has 0 aliphatic heterocycles. The van der Waals surface area contributed by atoms with E-state index in [1.807, 2.05) is 54.6 Å². The molecule has 0 saturated carbocycles. The highest BCUT2D eigenvalue weighted by atomic mass is 35.5. The van der Waals surface area contributed by atoms with Crippen LogP contribution in [0, 0.1) is 0 Å². The summed E-state index contributed by atoms with van der Waals surface area (Å²) < 4.78 is 0. The van der Waals surface area contributed by atoms with Gasteiger partial charge in [0.05, 0.1) is 17.5 Å². The Morgan fingerprint density at radius 2 is 1.40 bits per heavy atom. The Bertz CT molecular complexity index is 2010. The van der Waals surface area contributed by atoms with Crippen molar-refractivity contribution < 1.29 is 34.2 Å². The Morgan fingerprint density at radius 1 is 0.754 bits per heavy atom. The van der Waals surface area contributed by atoms with Crippen LogP contribution >= 0.6 is 23.7 Å². The lowest BCUT2D eigenvalue weighted by atomic mass is 9.95. The lowest BCUT2D eigenvalue weighted by Gasteiger charge is -2.32. The number of carboxylic acids is 2. The number of carbonyl (C=O) groups excluding carboxylic acids is 3. The number of aryl methyl sites for hydroxylation is 3. The molecule has 0 fully saturated rings. The Labute approximate surface area is 344 Å². The van der Waals surface area contributed by atoms with E-state index < -0.39 is 11.9 Å². The molecule has 57 heavy (non-hydrogen) atoms. The maximum absolute atomic E-state index is 13.9. The van der Waals surface area contributed by atoms with Crippen LogP contribution in [0.1, 0.15) is 111 Å². The number of benzene rings is 3. The summed E-state index contributed by atoms with van der Waals surface area (Å²) >= 11 is 1.48. The van der Waals surface area contributed by atoms with Gasteiger partial charge in [0.25, 0.3) is 11.8 Å². The van der Waals surface area contributed by atoms with Crippen LogP contribution in [-0.4, -0.2) is 75.9 Å². The van der Waals surface area contributed by atoms with Crippen LogP contribution in [0.25, 0.3) is 0 Å². The van der Waals surface area contributed by atoms with E-state index in [4.69, 9.17) is 10.2 Å². The molecule has 0 unspecified atom stereocenters. The zero-order valence-corrected chi connectivity index (χ0v) is 34.5. The molecule has 0 saturated heterocycles. The molecule has 5 rings (SSSR count). The molecule has 11 nitrogen and oxygen atoms in total. The molecular weight excluding hydrogens is 764 g/mol. The number of aromatic carboxylic acids is 1. The van der Waals surface area contributed by atoms with E-state index in [0.29, 0.717) is 41.4 Å². The average Bonchev–Trinajstić information content (AvgIpc) is 3.57. The number of thiophene rings is 1. The van der Waals surface area contributed by atoms with E-state index in [1.54, 1.807) is 30.1 Å². The standard InChI is InChI=1S/C44H52N4O7S.ClH/c1-4-35(5-2)48(26-25-47(3)38(49)23-24-39(50)51)28-31-9-8-10-33(27-31)41(52)46-43-40(36-11-6-7-12-37(36)56-43)42(53)45-34-21-17-30(18-22-34)14-13-29-15-19-32(20-16-29)44(54)55;/h8-10,15-22,27,35H,4-7,11-14,23-26,28H2,1-3H3,(H,45,53)(H,46,52)(H,50,51)(H,54,55);1H. The quantitative estimate of drug-likeness (QED) is 0.0736. The van der Waals surface area contributed by atoms with Gasteiger partial charge < -0.3 is 25.7 Å². The van der Waals surface area contributed by atoms with E-state index in [9.17, 15) is 24.0 Å². The number of halogens is 1. The minimum absolute atomic E-state index is 0. The number of nitrogens with one attached hydrogen (secondary N) is 2. The molecule has 4 aromatic rings. The number of nitrogens with zero attached hydrogens (tertiary/aromatic N) is 2. The van der Waals surface area contributed by atoms with Crippen LogP contribution in [0.3, 0.4) is 0 Å². The predicted octanol–water partition coefficient (Wildman–Crippen LogP) is 8.35. The maximum atomic E-state index is 13.9. The van der Waals surface area contributed by atoms with Crippen molar-refractivity contribution in [1.82, 2.24) is 9.80 Å². The number of amides is 3. The van der Waals surface area contributed by atoms with Crippen molar-refractivity contribution in [1.29, 1.82) is 0 Å². The summed E-state index contributed by atoms with van der Waals surface area (Å²) in [6.07, 6.45) is 6.78. The molecular formula is C44H53ClN4O7S. The summed E-state index contributed by atoms with van der Waals surface area (Å²) in [5.74, 6) is -2.69. The minimum atomic E-state index is -0.993. The third-order valence-corrected chi connectivity index (χ3v) is 11.7. The fourth-order valence-corrected chi connectivity index (χ4v) is 8.45. The molecule has 4 N–H and O–H groups in total. The first-order chi connectivity index (χ1) is 26.9. The van der Waals surface area contributed by atoms with Gasteiger partial charge in [-0.1, -0.05) is 50.2 Å². The minimum Gasteiger partial charge on any atom is -0.481 e. The second kappa shape index (κ2) is 21.5. The van der Waals surface area contributed by atoms with Gasteiger partial charge in [0.2, 0.25) is 5.91 Å². The summed E-state index contributed by atoms with van der Waals surface area (Å²) in [5, 5.41) is 24.8. The number of fused-ring (bicyclic) bond motifs is 1. The largest absolute Gasteiger partial charge is 0.481 e. The lowest BCUT2D eigenvalue weighted by molar-refractivity contribution is -0.140. The molecule has 1 aliphatic carbocycles. The van der Waals surface area contributed by atoms with E-state index >= 15 is 0 Å². The van der Waals surface area contributed by atoms with Crippen molar-refractivity contribution >= 4 is 64.1 Å². The fraction of sp³-hybridized carbons (Fsp3) is 0.386. The van der Waals surface area contributed by atoms with Crippen LogP contribution in [0.4, 0.5) is 10.7 Å². The van der Waals surface area contributed by atoms with Crippen molar-refractivity contribution in [3.63, 3.8) is 0 Å². The van der Waals surface area contributed by atoms with Crippen LogP contribution < -0.4 is 10.6 Å². The highest BCUT2D eigenvalue weighted by Gasteiger charge is 2.27. The number of rotatable bonds is 19. The molecule has 304 valence electrons. The topological polar surface area (TPSA) is 156 Å². The molecule has 13 heteroatoms. The first-order valence-corrected chi connectivity index (χ1v) is 20.2. The lowest BCUT2D eigenvalue weighted by Crippen LogP contribution is -2.41. The third kappa shape index (κ3) is 12.5. The summed E-state index contributed by atoms with van der Waals surface area (Å²) in [4.78, 5) is 67.3. The second-order valence-electron chi connectivity index (χ2n) is 14.4. The van der Waals surface area contributed by atoms with Crippen LogP contribution in [0.5, 0.6) is 0 Å². The van der Waals surface area contributed by atoms with E-state index in [-0.39, 0.29) is 54.6 Å². The molecule has 0 atom stereocenters. The average molecular weight is 817 g/mol. The first kappa shape index (κ1) is 44.7. The van der Waals surface area contributed by atoms with Gasteiger partial charge in [-0.3, -0.25) is 24.1 Å². The van der Waals surface area contributed by atoms with Crippen molar-refractivity contribution in [2.24, 2.45) is 0 Å². The van der Waals surface area contributed by atoms with Gasteiger partial charge in [0.15, 0.2) is 0 Å². The highest BCUT2D eigenvalue weighted by molar-refractivity contribution is 7.17. The molecule has 3 aromatic carbocycles. The predicted molar refractivity (Wildman–Crippen MR) is 227 cm³/mol. The summed E-state index contributed by atoms with van der Waals surface area (Å²) in [6, 6.07) is 22.4. The zero-order chi connectivity index (χ0) is 40.2. The molecule has 1 heterocycles. The summed E-state index contributed by atoms with van der Waals surface area (Å²) in [7, 11) is 1.70. The molecule has 0 spiro atoms. The van der Waals surface area contributed by atoms with Crippen molar-refractivity contribution in [3.8, 4) is 0 Å². The molecule has 0 radical (unpaired) electrons. The van der Waals surface area contributed by atoms with E-state index in [0.717, 1.165) is 78.5 Å². The Balaban J connectivity index is 0.00000720. The van der Waals surface area contributed by atoms with E-state index in [2.05, 4.69) is 29.4 Å². The van der Waals surface area contributed by atoms with Gasteiger partial charge in [-0.05, 0) is 110 Å². The number of carbonyl (C=O) groups is 5. The molecule has 0 bridgehead atoms. The van der Waals surface area contributed by atoms with Gasteiger partial charge in [0.1, 0.15) is 5.00 Å². The Morgan fingerprint density at radius 3 is 2.04 bits per heavy atom. The molecule has 3 amide bonds. The number of hydrogen-bond acceptors (Lipinski definition) is 7. The number of likely N-dealkylation sites (N-methyl/N-ethyl adjacent to an activating group) is 1. The van der Waals surface area contributed by atoms with Crippen LogP contribution in [0.2, 0.25) is 0 Å². The smallest absolute Gasteiger partial charge is 0.335 e. The normalized spacial score (nSPS) is 12.1. The zero-order valence-electron chi connectivity index (χ0n) is 32.8. The van der Waals surface area contributed by atoms with Gasteiger partial charge >= 0.3 is 11.9 Å². The van der Waals surface area contributed by atoms with Crippen LogP contribution in [0.15, 0.2) is 72.8 Å². The Kier molecular flexibility index (Phi) is 16.8. The van der Waals surface area contributed by atoms with Gasteiger partial charge in [0, 0.05) is 55.3 Å². The SMILES string of the molecule is CCC(CC)N(CCN(C)C(=O)CCC(=O)O)Cc1cccc(C(=O)Nc2sc3c(c2C(=O)Nc2ccc(CCc4ccc(C(=O)O)cc4)cc2)CCCC3)c1.Cl. The number of carboxylic acid groups (broad SMARTS) is 2. The monoisotopic (exact) mass is 816 g/mol. The van der Waals surface area contributed by atoms with Gasteiger partial charge in [-0.2, -0.15) is 0 Å². The maximum Gasteiger partial charge on any atom is 0.335 e.